The van der Waals surface area contributed by atoms with Gasteiger partial charge in [0.15, 0.2) is 0 Å². The molecule has 0 heterocycles. The van der Waals surface area contributed by atoms with Gasteiger partial charge >= 0.3 is 0 Å². The molecule has 0 aliphatic rings. The van der Waals surface area contributed by atoms with E-state index in [4.69, 9.17) is 0 Å². The Kier molecular flexibility index (Phi) is 5.62. The molecule has 0 saturated heterocycles. The van der Waals surface area contributed by atoms with E-state index in [0.29, 0.717) is 18.0 Å². The molecule has 0 fully saturated rings. The number of rotatable bonds is 6. The molecule has 0 atom stereocenters. The lowest BCUT2D eigenvalue weighted by Crippen LogP contribution is -2.32. The first-order valence-electron chi connectivity index (χ1n) is 5.78. The molecule has 1 aromatic rings. The Hall–Kier alpha value is -0.390. The average Bonchev–Trinajstić information content (AvgIpc) is 2.29. The number of sulfonamides is 1. The number of nitrogens with zero attached hydrogens (tertiary/aromatic N) is 1. The molecule has 0 N–H and O–H groups in total. The number of halogens is 1. The summed E-state index contributed by atoms with van der Waals surface area (Å²) in [7, 11) is -3.34. The van der Waals surface area contributed by atoms with Crippen LogP contribution in [0.25, 0.3) is 0 Å². The minimum absolute atomic E-state index is 0.355. The van der Waals surface area contributed by atoms with Crippen LogP contribution in [0.2, 0.25) is 0 Å². The van der Waals surface area contributed by atoms with E-state index in [-0.39, 0.29) is 0 Å². The second-order valence-corrected chi connectivity index (χ2v) is 6.72. The van der Waals surface area contributed by atoms with Crippen molar-refractivity contribution in [2.75, 3.05) is 13.1 Å². The largest absolute Gasteiger partial charge is 0.243 e. The van der Waals surface area contributed by atoms with E-state index in [1.807, 2.05) is 19.9 Å². The molecular weight excluding hydrogens is 302 g/mol. The molecule has 3 nitrogen and oxygen atoms in total. The molecule has 1 rings (SSSR count). The molecular formula is C12H18BrNO2S. The summed E-state index contributed by atoms with van der Waals surface area (Å²) < 4.78 is 27.1. The van der Waals surface area contributed by atoms with Crippen LogP contribution in [-0.4, -0.2) is 25.8 Å². The summed E-state index contributed by atoms with van der Waals surface area (Å²) in [5.41, 5.74) is 0. The van der Waals surface area contributed by atoms with Gasteiger partial charge < -0.3 is 0 Å². The van der Waals surface area contributed by atoms with Gasteiger partial charge in [-0.25, -0.2) is 8.42 Å². The van der Waals surface area contributed by atoms with Crippen molar-refractivity contribution in [3.05, 3.63) is 28.7 Å². The molecule has 0 unspecified atom stereocenters. The second kappa shape index (κ2) is 6.52. The van der Waals surface area contributed by atoms with Gasteiger partial charge in [-0.2, -0.15) is 4.31 Å². The standard InChI is InChI=1S/C12H18BrNO2S/c1-3-8-14(9-4-2)17(15,16)12-7-5-6-11(13)10-12/h5-7,10H,3-4,8-9H2,1-2H3. The average molecular weight is 320 g/mol. The molecule has 0 amide bonds. The van der Waals surface area contributed by atoms with Gasteiger partial charge in [0.1, 0.15) is 0 Å². The molecule has 0 saturated carbocycles. The van der Waals surface area contributed by atoms with Crippen molar-refractivity contribution in [3.8, 4) is 0 Å². The van der Waals surface area contributed by atoms with E-state index in [0.717, 1.165) is 17.3 Å². The highest BCUT2D eigenvalue weighted by atomic mass is 79.9. The SMILES string of the molecule is CCCN(CCC)S(=O)(=O)c1cccc(Br)c1. The number of hydrogen-bond acceptors (Lipinski definition) is 2. The molecule has 0 bridgehead atoms. The zero-order valence-electron chi connectivity index (χ0n) is 10.2. The van der Waals surface area contributed by atoms with Crippen molar-refractivity contribution in [1.29, 1.82) is 0 Å². The van der Waals surface area contributed by atoms with Crippen LogP contribution >= 0.6 is 15.9 Å². The molecule has 96 valence electrons. The molecule has 0 spiro atoms. The Morgan fingerprint density at radius 1 is 1.18 bits per heavy atom. The summed E-state index contributed by atoms with van der Waals surface area (Å²) in [5, 5.41) is 0. The van der Waals surface area contributed by atoms with Crippen LogP contribution < -0.4 is 0 Å². The van der Waals surface area contributed by atoms with Crippen molar-refractivity contribution in [1.82, 2.24) is 4.31 Å². The zero-order chi connectivity index (χ0) is 12.9. The fourth-order valence-corrected chi connectivity index (χ4v) is 3.85. The van der Waals surface area contributed by atoms with Crippen LogP contribution in [0.15, 0.2) is 33.6 Å². The van der Waals surface area contributed by atoms with Crippen molar-refractivity contribution < 1.29 is 8.42 Å². The van der Waals surface area contributed by atoms with Crippen LogP contribution in [0.3, 0.4) is 0 Å². The summed E-state index contributed by atoms with van der Waals surface area (Å²) in [4.78, 5) is 0.355. The van der Waals surface area contributed by atoms with E-state index in [9.17, 15) is 8.42 Å². The van der Waals surface area contributed by atoms with Crippen LogP contribution in [0.4, 0.5) is 0 Å². The maximum absolute atomic E-state index is 12.4. The summed E-state index contributed by atoms with van der Waals surface area (Å²) in [6.45, 7) is 5.11. The maximum atomic E-state index is 12.4. The fraction of sp³-hybridized carbons (Fsp3) is 0.500. The lowest BCUT2D eigenvalue weighted by atomic mass is 10.4. The van der Waals surface area contributed by atoms with Crippen molar-refractivity contribution in [3.63, 3.8) is 0 Å². The Balaban J connectivity index is 3.07. The molecule has 0 aliphatic heterocycles. The van der Waals surface area contributed by atoms with E-state index in [2.05, 4.69) is 15.9 Å². The lowest BCUT2D eigenvalue weighted by Gasteiger charge is -2.21. The van der Waals surface area contributed by atoms with Gasteiger partial charge in [-0.3, -0.25) is 0 Å². The summed E-state index contributed by atoms with van der Waals surface area (Å²) >= 11 is 3.30. The summed E-state index contributed by atoms with van der Waals surface area (Å²) in [6.07, 6.45) is 1.65. The Labute approximate surface area is 112 Å². The van der Waals surface area contributed by atoms with Gasteiger partial charge in [-0.1, -0.05) is 35.8 Å². The number of benzene rings is 1. The highest BCUT2D eigenvalue weighted by Crippen LogP contribution is 2.20. The normalized spacial score (nSPS) is 12.0. The summed E-state index contributed by atoms with van der Waals surface area (Å²) in [5.74, 6) is 0. The highest BCUT2D eigenvalue weighted by molar-refractivity contribution is 9.10. The van der Waals surface area contributed by atoms with E-state index in [1.165, 1.54) is 0 Å². The third-order valence-corrected chi connectivity index (χ3v) is 4.77. The molecule has 0 aromatic heterocycles. The van der Waals surface area contributed by atoms with Gasteiger partial charge in [-0.05, 0) is 31.0 Å². The van der Waals surface area contributed by atoms with Gasteiger partial charge in [-0.15, -0.1) is 0 Å². The topological polar surface area (TPSA) is 37.4 Å². The second-order valence-electron chi connectivity index (χ2n) is 3.86. The Morgan fingerprint density at radius 2 is 1.76 bits per heavy atom. The minimum Gasteiger partial charge on any atom is -0.207 e. The lowest BCUT2D eigenvalue weighted by molar-refractivity contribution is 0.410. The Bertz CT molecular complexity index is 453. The zero-order valence-corrected chi connectivity index (χ0v) is 12.6. The quantitative estimate of drug-likeness (QED) is 0.807. The predicted molar refractivity (Wildman–Crippen MR) is 73.5 cm³/mol. The van der Waals surface area contributed by atoms with Crippen molar-refractivity contribution >= 4 is 26.0 Å². The monoisotopic (exact) mass is 319 g/mol. The van der Waals surface area contributed by atoms with Crippen LogP contribution in [0, 0.1) is 0 Å². The van der Waals surface area contributed by atoms with Gasteiger partial charge in [0.25, 0.3) is 0 Å². The van der Waals surface area contributed by atoms with Crippen molar-refractivity contribution in [2.45, 2.75) is 31.6 Å². The third kappa shape index (κ3) is 3.79. The summed E-state index contributed by atoms with van der Waals surface area (Å²) in [6, 6.07) is 6.85. The van der Waals surface area contributed by atoms with Crippen molar-refractivity contribution in [2.24, 2.45) is 0 Å². The first-order chi connectivity index (χ1) is 8.02. The first-order valence-corrected chi connectivity index (χ1v) is 8.01. The maximum Gasteiger partial charge on any atom is 0.243 e. The molecule has 5 heteroatoms. The van der Waals surface area contributed by atoms with E-state index in [1.54, 1.807) is 22.5 Å². The highest BCUT2D eigenvalue weighted by Gasteiger charge is 2.22. The van der Waals surface area contributed by atoms with Crippen LogP contribution in [0.1, 0.15) is 26.7 Å². The van der Waals surface area contributed by atoms with Crippen LogP contribution in [0.5, 0.6) is 0 Å². The minimum atomic E-state index is -3.34. The van der Waals surface area contributed by atoms with E-state index < -0.39 is 10.0 Å². The third-order valence-electron chi connectivity index (χ3n) is 2.38. The molecule has 0 radical (unpaired) electrons. The smallest absolute Gasteiger partial charge is 0.207 e. The molecule has 17 heavy (non-hydrogen) atoms. The Morgan fingerprint density at radius 3 is 2.24 bits per heavy atom. The molecule has 1 aromatic carbocycles. The van der Waals surface area contributed by atoms with Gasteiger partial charge in [0, 0.05) is 17.6 Å². The van der Waals surface area contributed by atoms with Crippen LogP contribution in [-0.2, 0) is 10.0 Å². The fourth-order valence-electron chi connectivity index (χ4n) is 1.63. The van der Waals surface area contributed by atoms with E-state index >= 15 is 0 Å². The molecule has 0 aliphatic carbocycles. The van der Waals surface area contributed by atoms with Gasteiger partial charge in [0.2, 0.25) is 10.0 Å². The first kappa shape index (κ1) is 14.7. The van der Waals surface area contributed by atoms with Gasteiger partial charge in [0.05, 0.1) is 4.90 Å². The predicted octanol–water partition coefficient (Wildman–Crippen LogP) is 3.26. The number of hydrogen-bond donors (Lipinski definition) is 0.